The van der Waals surface area contributed by atoms with Crippen LogP contribution in [0.3, 0.4) is 0 Å². The summed E-state index contributed by atoms with van der Waals surface area (Å²) in [6.45, 7) is 0. The van der Waals surface area contributed by atoms with Crippen LogP contribution < -0.4 is 5.73 Å². The third kappa shape index (κ3) is 1.61. The molecular formula is C10H12N2O2. The fourth-order valence-electron chi connectivity index (χ4n) is 1.58. The zero-order chi connectivity index (χ0) is 10.1. The lowest BCUT2D eigenvalue weighted by Crippen LogP contribution is -2.22. The second-order valence-corrected chi connectivity index (χ2v) is 3.59. The molecule has 74 valence electrons. The number of hydrogen-bond donors (Lipinski definition) is 2. The fourth-order valence-corrected chi connectivity index (χ4v) is 1.58. The van der Waals surface area contributed by atoms with Gasteiger partial charge in [0.15, 0.2) is 0 Å². The lowest BCUT2D eigenvalue weighted by atomic mass is 10.0. The van der Waals surface area contributed by atoms with Gasteiger partial charge in [-0.2, -0.15) is 0 Å². The summed E-state index contributed by atoms with van der Waals surface area (Å²) in [6, 6.07) is 0.926. The molecule has 0 aliphatic heterocycles. The largest absolute Gasteiger partial charge is 0.480 e. The molecule has 0 radical (unpaired) electrons. The van der Waals surface area contributed by atoms with Gasteiger partial charge in [0.2, 0.25) is 0 Å². The van der Waals surface area contributed by atoms with Crippen LogP contribution in [0, 0.1) is 0 Å². The monoisotopic (exact) mass is 192 g/mol. The summed E-state index contributed by atoms with van der Waals surface area (Å²) >= 11 is 0. The molecule has 1 fully saturated rings. The summed E-state index contributed by atoms with van der Waals surface area (Å²) in [4.78, 5) is 14.7. The van der Waals surface area contributed by atoms with Gasteiger partial charge in [-0.05, 0) is 30.4 Å². The van der Waals surface area contributed by atoms with Crippen molar-refractivity contribution >= 4 is 5.97 Å². The third-order valence-corrected chi connectivity index (χ3v) is 2.51. The Kier molecular flexibility index (Phi) is 2.21. The first-order chi connectivity index (χ1) is 6.70. The Morgan fingerprint density at radius 1 is 1.64 bits per heavy atom. The number of nitrogens with zero attached hydrogens (tertiary/aromatic N) is 1. The highest BCUT2D eigenvalue weighted by Crippen LogP contribution is 2.42. The van der Waals surface area contributed by atoms with Crippen molar-refractivity contribution in [3.05, 3.63) is 29.6 Å². The zero-order valence-electron chi connectivity index (χ0n) is 7.68. The van der Waals surface area contributed by atoms with Gasteiger partial charge in [-0.25, -0.2) is 0 Å². The predicted molar refractivity (Wildman–Crippen MR) is 50.8 cm³/mol. The Morgan fingerprint density at radius 2 is 2.36 bits per heavy atom. The van der Waals surface area contributed by atoms with Crippen molar-refractivity contribution < 1.29 is 9.90 Å². The Labute approximate surface area is 81.8 Å². The molecule has 1 atom stereocenters. The summed E-state index contributed by atoms with van der Waals surface area (Å²) < 4.78 is 0. The Morgan fingerprint density at radius 3 is 2.93 bits per heavy atom. The molecule has 1 unspecified atom stereocenters. The maximum atomic E-state index is 10.7. The van der Waals surface area contributed by atoms with Crippen LogP contribution in [-0.4, -0.2) is 16.1 Å². The van der Waals surface area contributed by atoms with Gasteiger partial charge in [-0.15, -0.1) is 0 Å². The van der Waals surface area contributed by atoms with Crippen LogP contribution in [0.15, 0.2) is 18.5 Å². The van der Waals surface area contributed by atoms with E-state index in [0.717, 1.165) is 18.4 Å². The summed E-state index contributed by atoms with van der Waals surface area (Å²) in [5, 5.41) is 8.81. The van der Waals surface area contributed by atoms with Gasteiger partial charge in [0.05, 0.1) is 0 Å². The smallest absolute Gasteiger partial charge is 0.325 e. The average Bonchev–Trinajstić information content (AvgIpc) is 3.00. The first-order valence-corrected chi connectivity index (χ1v) is 4.62. The Bertz CT molecular complexity index is 361. The molecule has 1 heterocycles. The fraction of sp³-hybridized carbons (Fsp3) is 0.400. The van der Waals surface area contributed by atoms with E-state index >= 15 is 0 Å². The molecule has 0 amide bonds. The minimum atomic E-state index is -1.00. The number of nitrogens with two attached hydrogens (primary N) is 1. The van der Waals surface area contributed by atoms with Gasteiger partial charge >= 0.3 is 5.97 Å². The van der Waals surface area contributed by atoms with E-state index in [1.165, 1.54) is 0 Å². The van der Waals surface area contributed by atoms with Gasteiger partial charge in [-0.3, -0.25) is 9.78 Å². The average molecular weight is 192 g/mol. The summed E-state index contributed by atoms with van der Waals surface area (Å²) in [7, 11) is 0. The van der Waals surface area contributed by atoms with Crippen molar-refractivity contribution in [3.63, 3.8) is 0 Å². The van der Waals surface area contributed by atoms with Crippen LogP contribution in [-0.2, 0) is 4.79 Å². The van der Waals surface area contributed by atoms with Gasteiger partial charge < -0.3 is 10.8 Å². The standard InChI is InChI=1S/C10H12N2O2/c11-9(10(13)14)8-5-12-4-3-7(8)6-1-2-6/h3-6,9H,1-2,11H2,(H,13,14). The molecule has 0 bridgehead atoms. The molecule has 0 spiro atoms. The van der Waals surface area contributed by atoms with Crippen LogP contribution in [0.25, 0.3) is 0 Å². The molecule has 1 saturated carbocycles. The number of aromatic nitrogens is 1. The van der Waals surface area contributed by atoms with E-state index in [4.69, 9.17) is 10.8 Å². The van der Waals surface area contributed by atoms with Crippen molar-refractivity contribution in [2.24, 2.45) is 5.73 Å². The normalized spacial score (nSPS) is 17.8. The van der Waals surface area contributed by atoms with Crippen LogP contribution in [0.5, 0.6) is 0 Å². The van der Waals surface area contributed by atoms with Crippen molar-refractivity contribution in [3.8, 4) is 0 Å². The van der Waals surface area contributed by atoms with Crippen LogP contribution in [0.1, 0.15) is 35.9 Å². The van der Waals surface area contributed by atoms with E-state index in [-0.39, 0.29) is 0 Å². The molecule has 4 heteroatoms. The van der Waals surface area contributed by atoms with Crippen LogP contribution >= 0.6 is 0 Å². The molecule has 0 aromatic carbocycles. The quantitative estimate of drug-likeness (QED) is 0.750. The van der Waals surface area contributed by atoms with Gasteiger partial charge in [0.25, 0.3) is 0 Å². The van der Waals surface area contributed by atoms with E-state index in [1.807, 2.05) is 6.07 Å². The molecule has 4 nitrogen and oxygen atoms in total. The zero-order valence-corrected chi connectivity index (χ0v) is 7.68. The molecule has 2 rings (SSSR count). The van der Waals surface area contributed by atoms with Gasteiger partial charge in [0.1, 0.15) is 6.04 Å². The minimum Gasteiger partial charge on any atom is -0.480 e. The maximum absolute atomic E-state index is 10.7. The second kappa shape index (κ2) is 3.38. The van der Waals surface area contributed by atoms with Gasteiger partial charge in [-0.1, -0.05) is 0 Å². The van der Waals surface area contributed by atoms with Gasteiger partial charge in [0, 0.05) is 18.0 Å². The highest BCUT2D eigenvalue weighted by molar-refractivity contribution is 5.75. The number of rotatable bonds is 3. The van der Waals surface area contributed by atoms with E-state index in [0.29, 0.717) is 11.5 Å². The second-order valence-electron chi connectivity index (χ2n) is 3.59. The highest BCUT2D eigenvalue weighted by atomic mass is 16.4. The van der Waals surface area contributed by atoms with Crippen molar-refractivity contribution in [1.82, 2.24) is 4.98 Å². The molecule has 1 aliphatic rings. The van der Waals surface area contributed by atoms with Crippen LogP contribution in [0.2, 0.25) is 0 Å². The molecule has 1 aromatic rings. The number of pyridine rings is 1. The van der Waals surface area contributed by atoms with Crippen molar-refractivity contribution in [2.75, 3.05) is 0 Å². The summed E-state index contributed by atoms with van der Waals surface area (Å²) in [5.41, 5.74) is 7.27. The molecule has 3 N–H and O–H groups in total. The SMILES string of the molecule is NC(C(=O)O)c1cnccc1C1CC1. The molecule has 1 aliphatic carbocycles. The predicted octanol–water partition coefficient (Wildman–Crippen LogP) is 1.04. The molecule has 14 heavy (non-hydrogen) atoms. The number of carboxylic acid groups (broad SMARTS) is 1. The lowest BCUT2D eigenvalue weighted by molar-refractivity contribution is -0.138. The topological polar surface area (TPSA) is 76.2 Å². The van der Waals surface area contributed by atoms with Crippen molar-refractivity contribution in [2.45, 2.75) is 24.8 Å². The molecule has 1 aromatic heterocycles. The Balaban J connectivity index is 2.35. The number of carboxylic acids is 1. The molecule has 0 saturated heterocycles. The van der Waals surface area contributed by atoms with E-state index < -0.39 is 12.0 Å². The summed E-state index contributed by atoms with van der Waals surface area (Å²) in [6.07, 6.45) is 5.50. The van der Waals surface area contributed by atoms with Crippen molar-refractivity contribution in [1.29, 1.82) is 0 Å². The van der Waals surface area contributed by atoms with E-state index in [9.17, 15) is 4.79 Å². The summed E-state index contributed by atoms with van der Waals surface area (Å²) in [5.74, 6) is -0.502. The minimum absolute atomic E-state index is 0.499. The first-order valence-electron chi connectivity index (χ1n) is 4.62. The molecular weight excluding hydrogens is 180 g/mol. The highest BCUT2D eigenvalue weighted by Gasteiger charge is 2.29. The number of carbonyl (C=O) groups is 1. The third-order valence-electron chi connectivity index (χ3n) is 2.51. The lowest BCUT2D eigenvalue weighted by Gasteiger charge is -2.11. The number of hydrogen-bond acceptors (Lipinski definition) is 3. The first kappa shape index (κ1) is 9.15. The van der Waals surface area contributed by atoms with E-state index in [1.54, 1.807) is 12.4 Å². The van der Waals surface area contributed by atoms with E-state index in [2.05, 4.69) is 4.98 Å². The van der Waals surface area contributed by atoms with Crippen LogP contribution in [0.4, 0.5) is 0 Å². The number of aliphatic carboxylic acids is 1. The maximum Gasteiger partial charge on any atom is 0.325 e. The Hall–Kier alpha value is -1.42.